The zero-order chi connectivity index (χ0) is 11.0. The van der Waals surface area contributed by atoms with Crippen LogP contribution in [0.25, 0.3) is 0 Å². The molecule has 2 aliphatic carbocycles. The molecule has 16 heavy (non-hydrogen) atoms. The van der Waals surface area contributed by atoms with E-state index in [0.29, 0.717) is 6.04 Å². The molecule has 0 radical (unpaired) electrons. The monoisotopic (exact) mass is 223 g/mol. The molecule has 1 saturated heterocycles. The third kappa shape index (κ3) is 2.76. The minimum atomic E-state index is 0.466. The average Bonchev–Trinajstić information content (AvgIpc) is 3.17. The lowest BCUT2D eigenvalue weighted by Gasteiger charge is -2.17. The molecule has 0 aromatic heterocycles. The van der Waals surface area contributed by atoms with Crippen molar-refractivity contribution in [1.82, 2.24) is 10.2 Å². The van der Waals surface area contributed by atoms with Crippen LogP contribution in [0.4, 0.5) is 0 Å². The van der Waals surface area contributed by atoms with Gasteiger partial charge in [0.05, 0.1) is 0 Å². The molecule has 2 saturated carbocycles. The van der Waals surface area contributed by atoms with E-state index in [4.69, 9.17) is 5.73 Å². The lowest BCUT2D eigenvalue weighted by atomic mass is 10.1. The molecule has 0 bridgehead atoms. The van der Waals surface area contributed by atoms with E-state index in [1.54, 1.807) is 0 Å². The van der Waals surface area contributed by atoms with Crippen LogP contribution in [0.3, 0.4) is 0 Å². The molecule has 3 N–H and O–H groups in total. The maximum absolute atomic E-state index is 6.10. The highest BCUT2D eigenvalue weighted by molar-refractivity contribution is 4.92. The third-order valence-electron chi connectivity index (χ3n) is 4.42. The van der Waals surface area contributed by atoms with E-state index < -0.39 is 0 Å². The van der Waals surface area contributed by atoms with E-state index in [0.717, 1.165) is 24.5 Å². The standard InChI is InChI=1S/C13H25N3/c14-13(10-1-2-10)5-7-15-11-6-8-16(9-11)12-3-4-12/h10-13,15H,1-9,14H2. The molecular weight excluding hydrogens is 198 g/mol. The second-order valence-electron chi connectivity index (χ2n) is 5.96. The topological polar surface area (TPSA) is 41.3 Å². The zero-order valence-electron chi connectivity index (χ0n) is 10.2. The van der Waals surface area contributed by atoms with Gasteiger partial charge in [0.2, 0.25) is 0 Å². The van der Waals surface area contributed by atoms with Gasteiger partial charge in [-0.15, -0.1) is 0 Å². The van der Waals surface area contributed by atoms with Crippen LogP contribution in [-0.2, 0) is 0 Å². The van der Waals surface area contributed by atoms with Crippen molar-refractivity contribution in [2.24, 2.45) is 11.7 Å². The van der Waals surface area contributed by atoms with Gasteiger partial charge in [0.15, 0.2) is 0 Å². The van der Waals surface area contributed by atoms with Gasteiger partial charge in [-0.2, -0.15) is 0 Å². The Balaban J connectivity index is 1.30. The average molecular weight is 223 g/mol. The second kappa shape index (κ2) is 4.63. The highest BCUT2D eigenvalue weighted by atomic mass is 15.2. The first-order valence-electron chi connectivity index (χ1n) is 7.06. The van der Waals surface area contributed by atoms with E-state index in [-0.39, 0.29) is 0 Å². The Bertz CT molecular complexity index is 235. The molecule has 0 spiro atoms. The Labute approximate surface area is 98.8 Å². The summed E-state index contributed by atoms with van der Waals surface area (Å²) in [7, 11) is 0. The fraction of sp³-hybridized carbons (Fsp3) is 1.00. The minimum Gasteiger partial charge on any atom is -0.327 e. The van der Waals surface area contributed by atoms with Crippen molar-refractivity contribution < 1.29 is 0 Å². The van der Waals surface area contributed by atoms with Crippen molar-refractivity contribution in [3.05, 3.63) is 0 Å². The van der Waals surface area contributed by atoms with Gasteiger partial charge in [-0.05, 0) is 51.0 Å². The van der Waals surface area contributed by atoms with Crippen molar-refractivity contribution in [1.29, 1.82) is 0 Å². The SMILES string of the molecule is NC(CCNC1CCN(C2CC2)C1)C1CC1. The fourth-order valence-corrected chi connectivity index (χ4v) is 2.94. The Morgan fingerprint density at radius 1 is 1.19 bits per heavy atom. The van der Waals surface area contributed by atoms with Crippen LogP contribution in [0.5, 0.6) is 0 Å². The maximum atomic E-state index is 6.10. The molecule has 0 amide bonds. The first-order valence-corrected chi connectivity index (χ1v) is 7.06. The highest BCUT2D eigenvalue weighted by Gasteiger charge is 2.34. The molecule has 92 valence electrons. The van der Waals surface area contributed by atoms with Gasteiger partial charge in [-0.1, -0.05) is 0 Å². The number of nitrogens with one attached hydrogen (secondary N) is 1. The smallest absolute Gasteiger partial charge is 0.0207 e. The van der Waals surface area contributed by atoms with Crippen LogP contribution in [0.15, 0.2) is 0 Å². The van der Waals surface area contributed by atoms with E-state index in [1.165, 1.54) is 51.6 Å². The molecular formula is C13H25N3. The number of rotatable bonds is 6. The molecule has 3 rings (SSSR count). The fourth-order valence-electron chi connectivity index (χ4n) is 2.94. The molecule has 2 unspecified atom stereocenters. The van der Waals surface area contributed by atoms with Gasteiger partial charge in [-0.25, -0.2) is 0 Å². The molecule has 3 heteroatoms. The summed E-state index contributed by atoms with van der Waals surface area (Å²) in [5.74, 6) is 0.855. The first kappa shape index (κ1) is 11.0. The molecule has 1 aliphatic heterocycles. The molecule has 2 atom stereocenters. The minimum absolute atomic E-state index is 0.466. The summed E-state index contributed by atoms with van der Waals surface area (Å²) in [6, 6.07) is 2.15. The van der Waals surface area contributed by atoms with E-state index in [9.17, 15) is 0 Å². The molecule has 3 nitrogen and oxygen atoms in total. The largest absolute Gasteiger partial charge is 0.327 e. The van der Waals surface area contributed by atoms with Gasteiger partial charge in [0.1, 0.15) is 0 Å². The van der Waals surface area contributed by atoms with Gasteiger partial charge < -0.3 is 11.1 Å². The summed E-state index contributed by atoms with van der Waals surface area (Å²) in [4.78, 5) is 2.67. The number of nitrogens with zero attached hydrogens (tertiary/aromatic N) is 1. The molecule has 0 aromatic rings. The Kier molecular flexibility index (Phi) is 3.18. The highest BCUT2D eigenvalue weighted by Crippen LogP contribution is 2.32. The summed E-state index contributed by atoms with van der Waals surface area (Å²) in [5.41, 5.74) is 6.10. The zero-order valence-corrected chi connectivity index (χ0v) is 10.2. The Morgan fingerprint density at radius 2 is 2.00 bits per heavy atom. The lowest BCUT2D eigenvalue weighted by molar-refractivity contribution is 0.316. The van der Waals surface area contributed by atoms with Crippen LogP contribution in [0, 0.1) is 5.92 Å². The number of hydrogen-bond acceptors (Lipinski definition) is 3. The summed E-state index contributed by atoms with van der Waals surface area (Å²) in [6.07, 6.45) is 8.15. The van der Waals surface area contributed by atoms with Crippen molar-refractivity contribution >= 4 is 0 Å². The Morgan fingerprint density at radius 3 is 2.69 bits per heavy atom. The van der Waals surface area contributed by atoms with Gasteiger partial charge in [0.25, 0.3) is 0 Å². The van der Waals surface area contributed by atoms with Crippen molar-refractivity contribution in [3.8, 4) is 0 Å². The third-order valence-corrected chi connectivity index (χ3v) is 4.42. The summed E-state index contributed by atoms with van der Waals surface area (Å²) in [5, 5.41) is 3.69. The molecule has 3 fully saturated rings. The van der Waals surface area contributed by atoms with Crippen molar-refractivity contribution in [2.45, 2.75) is 56.7 Å². The number of likely N-dealkylation sites (tertiary alicyclic amines) is 1. The van der Waals surface area contributed by atoms with Crippen molar-refractivity contribution in [2.75, 3.05) is 19.6 Å². The summed E-state index contributed by atoms with van der Waals surface area (Å²) < 4.78 is 0. The molecule has 0 aromatic carbocycles. The Hall–Kier alpha value is -0.120. The van der Waals surface area contributed by atoms with Crippen molar-refractivity contribution in [3.63, 3.8) is 0 Å². The van der Waals surface area contributed by atoms with E-state index in [1.807, 2.05) is 0 Å². The van der Waals surface area contributed by atoms with E-state index in [2.05, 4.69) is 10.2 Å². The summed E-state index contributed by atoms with van der Waals surface area (Å²) >= 11 is 0. The quantitative estimate of drug-likeness (QED) is 0.704. The molecule has 1 heterocycles. The second-order valence-corrected chi connectivity index (χ2v) is 5.96. The number of nitrogens with two attached hydrogens (primary N) is 1. The van der Waals surface area contributed by atoms with Crippen LogP contribution < -0.4 is 11.1 Å². The van der Waals surface area contributed by atoms with Crippen LogP contribution in [0.1, 0.15) is 38.5 Å². The summed E-state index contributed by atoms with van der Waals surface area (Å²) in [6.45, 7) is 3.72. The predicted octanol–water partition coefficient (Wildman–Crippen LogP) is 0.940. The van der Waals surface area contributed by atoms with E-state index >= 15 is 0 Å². The predicted molar refractivity (Wildman–Crippen MR) is 66.3 cm³/mol. The molecule has 3 aliphatic rings. The van der Waals surface area contributed by atoms with Gasteiger partial charge in [0, 0.05) is 31.2 Å². The maximum Gasteiger partial charge on any atom is 0.0207 e. The van der Waals surface area contributed by atoms with Gasteiger partial charge >= 0.3 is 0 Å². The van der Waals surface area contributed by atoms with Crippen LogP contribution in [0.2, 0.25) is 0 Å². The number of hydrogen-bond donors (Lipinski definition) is 2. The lowest BCUT2D eigenvalue weighted by Crippen LogP contribution is -2.36. The first-order chi connectivity index (χ1) is 7.83. The van der Waals surface area contributed by atoms with Crippen LogP contribution >= 0.6 is 0 Å². The van der Waals surface area contributed by atoms with Crippen LogP contribution in [-0.4, -0.2) is 42.7 Å². The normalized spacial score (nSPS) is 33.2. The van der Waals surface area contributed by atoms with Gasteiger partial charge in [-0.3, -0.25) is 4.90 Å².